The number of aryl methyl sites for hydroxylation is 2. The highest BCUT2D eigenvalue weighted by molar-refractivity contribution is 7.80. The average molecular weight is 469 g/mol. The number of nitrogens with one attached hydrogen (secondary N) is 1. The summed E-state index contributed by atoms with van der Waals surface area (Å²) in [6, 6.07) is 4.02. The molecule has 6 heteroatoms. The zero-order valence-corrected chi connectivity index (χ0v) is 21.8. The van der Waals surface area contributed by atoms with Gasteiger partial charge < -0.3 is 14.8 Å². The Labute approximate surface area is 203 Å². The second-order valence-electron chi connectivity index (χ2n) is 9.40. The molecule has 2 aromatic rings. The van der Waals surface area contributed by atoms with Gasteiger partial charge >= 0.3 is 5.97 Å². The molecule has 0 spiro atoms. The van der Waals surface area contributed by atoms with Gasteiger partial charge in [-0.2, -0.15) is 0 Å². The molecule has 0 amide bonds. The maximum Gasteiger partial charge on any atom is 0.311 e. The Kier molecular flexibility index (Phi) is 7.78. The Morgan fingerprint density at radius 1 is 1.15 bits per heavy atom. The van der Waals surface area contributed by atoms with Gasteiger partial charge in [0.25, 0.3) is 0 Å². The molecule has 33 heavy (non-hydrogen) atoms. The van der Waals surface area contributed by atoms with E-state index >= 15 is 0 Å². The summed E-state index contributed by atoms with van der Waals surface area (Å²) >= 11 is 5.78. The van der Waals surface area contributed by atoms with Crippen LogP contribution in [0.2, 0.25) is 0 Å². The van der Waals surface area contributed by atoms with E-state index in [-0.39, 0.29) is 5.97 Å². The third-order valence-corrected chi connectivity index (χ3v) is 7.04. The lowest BCUT2D eigenvalue weighted by Crippen LogP contribution is -2.47. The molecule has 1 aliphatic heterocycles. The molecule has 0 radical (unpaired) electrons. The van der Waals surface area contributed by atoms with Crippen LogP contribution in [0.5, 0.6) is 11.5 Å². The van der Waals surface area contributed by atoms with Crippen LogP contribution in [0.4, 0.5) is 5.82 Å². The fourth-order valence-corrected chi connectivity index (χ4v) is 4.63. The van der Waals surface area contributed by atoms with Crippen LogP contribution < -0.4 is 14.8 Å². The van der Waals surface area contributed by atoms with Gasteiger partial charge in [0.1, 0.15) is 22.3 Å². The van der Waals surface area contributed by atoms with Crippen LogP contribution in [0.25, 0.3) is 0 Å². The van der Waals surface area contributed by atoms with Crippen molar-refractivity contribution in [3.8, 4) is 11.5 Å². The van der Waals surface area contributed by atoms with Crippen LogP contribution in [0, 0.1) is 34.6 Å². The number of esters is 1. The average Bonchev–Trinajstić information content (AvgIpc) is 2.74. The normalized spacial score (nSPS) is 17.2. The van der Waals surface area contributed by atoms with Crippen molar-refractivity contribution in [3.05, 3.63) is 45.6 Å². The molecule has 0 saturated carbocycles. The van der Waals surface area contributed by atoms with E-state index in [1.165, 1.54) is 0 Å². The first-order valence-corrected chi connectivity index (χ1v) is 12.3. The smallest absolute Gasteiger partial charge is 0.311 e. The summed E-state index contributed by atoms with van der Waals surface area (Å²) in [5.41, 5.74) is 5.43. The molecule has 1 aromatic heterocycles. The summed E-state index contributed by atoms with van der Waals surface area (Å²) in [5.74, 6) is 2.10. The summed E-state index contributed by atoms with van der Waals surface area (Å²) in [5, 5.41) is 3.30. The van der Waals surface area contributed by atoms with Gasteiger partial charge in [-0.15, -0.1) is 0 Å². The molecule has 0 aliphatic carbocycles. The molecule has 0 bridgehead atoms. The van der Waals surface area contributed by atoms with E-state index in [0.29, 0.717) is 17.2 Å². The maximum absolute atomic E-state index is 12.4. The zero-order chi connectivity index (χ0) is 24.3. The van der Waals surface area contributed by atoms with Crippen molar-refractivity contribution < 1.29 is 14.3 Å². The number of rotatable bonds is 7. The SMILES string of the molecule is CCCCCC(=O)Oc1c(C)c(C)c2c(c1C)CCC(C)(C(=S)Nc1cc(C)cc(C)n1)O2. The lowest BCUT2D eigenvalue weighted by Gasteiger charge is -2.38. The van der Waals surface area contributed by atoms with Crippen LogP contribution in [0.1, 0.15) is 79.5 Å². The summed E-state index contributed by atoms with van der Waals surface area (Å²) in [7, 11) is 0. The Hall–Kier alpha value is -2.47. The molecule has 1 unspecified atom stereocenters. The third-order valence-electron chi connectivity index (χ3n) is 6.51. The van der Waals surface area contributed by atoms with Gasteiger partial charge in [-0.25, -0.2) is 4.98 Å². The van der Waals surface area contributed by atoms with E-state index in [4.69, 9.17) is 21.7 Å². The minimum absolute atomic E-state index is 0.165. The topological polar surface area (TPSA) is 60.5 Å². The summed E-state index contributed by atoms with van der Waals surface area (Å²) in [6.07, 6.45) is 4.94. The van der Waals surface area contributed by atoms with Gasteiger partial charge in [0.15, 0.2) is 5.60 Å². The number of thiocarbonyl (C=S) groups is 1. The summed E-state index contributed by atoms with van der Waals surface area (Å²) < 4.78 is 12.4. The second-order valence-corrected chi connectivity index (χ2v) is 9.81. The number of unbranched alkanes of at least 4 members (excludes halogenated alkanes) is 2. The van der Waals surface area contributed by atoms with Crippen LogP contribution in [-0.4, -0.2) is 21.5 Å². The van der Waals surface area contributed by atoms with Gasteiger partial charge in [0.05, 0.1) is 0 Å². The number of pyridine rings is 1. The molecule has 178 valence electrons. The first-order valence-electron chi connectivity index (χ1n) is 11.8. The predicted octanol–water partition coefficient (Wildman–Crippen LogP) is 6.63. The number of fused-ring (bicyclic) bond motifs is 1. The van der Waals surface area contributed by atoms with Gasteiger partial charge in [0.2, 0.25) is 0 Å². The monoisotopic (exact) mass is 468 g/mol. The molecule has 1 aromatic carbocycles. The van der Waals surface area contributed by atoms with Crippen molar-refractivity contribution in [2.45, 2.75) is 92.6 Å². The van der Waals surface area contributed by atoms with Crippen molar-refractivity contribution in [3.63, 3.8) is 0 Å². The number of benzene rings is 1. The van der Waals surface area contributed by atoms with E-state index in [2.05, 4.69) is 17.2 Å². The van der Waals surface area contributed by atoms with Gasteiger partial charge in [-0.3, -0.25) is 4.79 Å². The molecule has 1 aliphatic rings. The Morgan fingerprint density at radius 3 is 2.55 bits per heavy atom. The molecule has 3 rings (SSSR count). The van der Waals surface area contributed by atoms with Crippen LogP contribution in [-0.2, 0) is 11.2 Å². The van der Waals surface area contributed by atoms with Crippen LogP contribution in [0.3, 0.4) is 0 Å². The largest absolute Gasteiger partial charge is 0.480 e. The minimum Gasteiger partial charge on any atom is -0.480 e. The lowest BCUT2D eigenvalue weighted by atomic mass is 9.87. The number of carbonyl (C=O) groups excluding carboxylic acids is 1. The fraction of sp³-hybridized carbons (Fsp3) is 0.519. The quantitative estimate of drug-likeness (QED) is 0.213. The molecular formula is C27H36N2O3S. The van der Waals surface area contributed by atoms with E-state index in [9.17, 15) is 4.79 Å². The van der Waals surface area contributed by atoms with Gasteiger partial charge in [0, 0.05) is 17.7 Å². The second kappa shape index (κ2) is 10.2. The van der Waals surface area contributed by atoms with Crippen molar-refractivity contribution >= 4 is 29.0 Å². The zero-order valence-electron chi connectivity index (χ0n) is 21.0. The number of carbonyl (C=O) groups is 1. The summed E-state index contributed by atoms with van der Waals surface area (Å²) in [4.78, 5) is 17.6. The number of anilines is 1. The molecule has 2 heterocycles. The number of hydrogen-bond acceptors (Lipinski definition) is 5. The number of hydrogen-bond donors (Lipinski definition) is 1. The molecule has 1 atom stereocenters. The first kappa shape index (κ1) is 25.2. The highest BCUT2D eigenvalue weighted by Gasteiger charge is 2.38. The van der Waals surface area contributed by atoms with Crippen molar-refractivity contribution in [2.75, 3.05) is 5.32 Å². The molecule has 0 fully saturated rings. The summed E-state index contributed by atoms with van der Waals surface area (Å²) in [6.45, 7) is 14.2. The van der Waals surface area contributed by atoms with E-state index < -0.39 is 5.60 Å². The minimum atomic E-state index is -0.649. The van der Waals surface area contributed by atoms with E-state index in [0.717, 1.165) is 77.2 Å². The highest BCUT2D eigenvalue weighted by atomic mass is 32.1. The first-order chi connectivity index (χ1) is 15.6. The number of nitrogens with zero attached hydrogens (tertiary/aromatic N) is 1. The molecule has 0 saturated heterocycles. The standard InChI is InChI=1S/C27H36N2O3S/c1-8-9-10-11-23(30)31-24-18(4)19(5)25-21(20(24)6)12-13-27(7,32-25)26(33)29-22-15-16(2)14-17(3)28-22/h14-15H,8-13H2,1-7H3,(H,28,29,33). The Bertz CT molecular complexity index is 1060. The van der Waals surface area contributed by atoms with Crippen molar-refractivity contribution in [1.82, 2.24) is 4.98 Å². The number of aromatic nitrogens is 1. The van der Waals surface area contributed by atoms with Gasteiger partial charge in [-0.1, -0.05) is 32.0 Å². The highest BCUT2D eigenvalue weighted by Crippen LogP contribution is 2.44. The number of ether oxygens (including phenoxy) is 2. The maximum atomic E-state index is 12.4. The van der Waals surface area contributed by atoms with E-state index in [1.54, 1.807) is 0 Å². The molecule has 5 nitrogen and oxygen atoms in total. The molecular weight excluding hydrogens is 432 g/mol. The lowest BCUT2D eigenvalue weighted by molar-refractivity contribution is -0.134. The van der Waals surface area contributed by atoms with E-state index in [1.807, 2.05) is 53.7 Å². The predicted molar refractivity (Wildman–Crippen MR) is 138 cm³/mol. The third kappa shape index (κ3) is 5.55. The van der Waals surface area contributed by atoms with Crippen LogP contribution in [0.15, 0.2) is 12.1 Å². The molecule has 1 N–H and O–H groups in total. The van der Waals surface area contributed by atoms with Crippen molar-refractivity contribution in [1.29, 1.82) is 0 Å². The van der Waals surface area contributed by atoms with Gasteiger partial charge in [-0.05, 0) is 95.2 Å². The Balaban J connectivity index is 1.83. The Morgan fingerprint density at radius 2 is 1.88 bits per heavy atom. The fourth-order valence-electron chi connectivity index (χ4n) is 4.39. The van der Waals surface area contributed by atoms with Crippen LogP contribution >= 0.6 is 12.2 Å². The van der Waals surface area contributed by atoms with Crippen molar-refractivity contribution in [2.24, 2.45) is 0 Å².